The van der Waals surface area contributed by atoms with Crippen molar-refractivity contribution in [3.05, 3.63) is 41.0 Å². The van der Waals surface area contributed by atoms with Gasteiger partial charge in [-0.05, 0) is 33.2 Å². The highest BCUT2D eigenvalue weighted by molar-refractivity contribution is 5.48. The summed E-state index contributed by atoms with van der Waals surface area (Å²) in [6.07, 6.45) is 4.45. The van der Waals surface area contributed by atoms with Gasteiger partial charge >= 0.3 is 0 Å². The summed E-state index contributed by atoms with van der Waals surface area (Å²) in [5.41, 5.74) is 11.5. The van der Waals surface area contributed by atoms with Crippen LogP contribution in [0.25, 0.3) is 5.65 Å². The van der Waals surface area contributed by atoms with E-state index in [4.69, 9.17) is 10.7 Å². The molecule has 0 saturated carbocycles. The third-order valence-corrected chi connectivity index (χ3v) is 5.03. The Labute approximate surface area is 147 Å². The van der Waals surface area contributed by atoms with Crippen LogP contribution in [0.2, 0.25) is 0 Å². The Morgan fingerprint density at radius 2 is 2.08 bits per heavy atom. The van der Waals surface area contributed by atoms with E-state index in [-0.39, 0.29) is 0 Å². The molecule has 132 valence electrons. The van der Waals surface area contributed by atoms with E-state index in [1.807, 2.05) is 30.8 Å². The van der Waals surface area contributed by atoms with Gasteiger partial charge in [-0.25, -0.2) is 4.98 Å². The van der Waals surface area contributed by atoms with Crippen LogP contribution in [0.5, 0.6) is 0 Å². The van der Waals surface area contributed by atoms with Crippen LogP contribution in [0.4, 0.5) is 5.82 Å². The van der Waals surface area contributed by atoms with Crippen molar-refractivity contribution in [2.75, 3.05) is 18.8 Å². The SMILES string of the molecule is Cc1cc2nc([C@@H]3CCCN(Cc4cn(C)nc4C)C3)cc(N)n2n1. The number of rotatable bonds is 3. The highest BCUT2D eigenvalue weighted by atomic mass is 15.3. The third-order valence-electron chi connectivity index (χ3n) is 5.03. The van der Waals surface area contributed by atoms with Gasteiger partial charge in [0.1, 0.15) is 5.82 Å². The number of aromatic nitrogens is 5. The maximum Gasteiger partial charge on any atom is 0.157 e. The maximum atomic E-state index is 6.19. The van der Waals surface area contributed by atoms with Gasteiger partial charge in [-0.3, -0.25) is 9.58 Å². The molecule has 25 heavy (non-hydrogen) atoms. The minimum Gasteiger partial charge on any atom is -0.384 e. The molecule has 4 heterocycles. The Hall–Kier alpha value is -2.41. The van der Waals surface area contributed by atoms with Crippen molar-refractivity contribution in [1.82, 2.24) is 29.3 Å². The Morgan fingerprint density at radius 1 is 1.24 bits per heavy atom. The minimum atomic E-state index is 0.410. The second-order valence-corrected chi connectivity index (χ2v) is 7.15. The second-order valence-electron chi connectivity index (χ2n) is 7.15. The van der Waals surface area contributed by atoms with Gasteiger partial charge in [-0.1, -0.05) is 0 Å². The standard InChI is InChI=1S/C18H25N7/c1-12-7-18-20-16(8-17(19)25(18)21-12)14-5-4-6-24(10-14)11-15-9-23(3)22-13(15)2/h7-9,14H,4-6,10-11,19H2,1-3H3/t14-/m1/s1. The molecule has 0 aliphatic carbocycles. The number of piperidine rings is 1. The lowest BCUT2D eigenvalue weighted by molar-refractivity contribution is 0.198. The average molecular weight is 339 g/mol. The largest absolute Gasteiger partial charge is 0.384 e. The average Bonchev–Trinajstić information content (AvgIpc) is 3.09. The van der Waals surface area contributed by atoms with Crippen LogP contribution in [-0.4, -0.2) is 42.4 Å². The van der Waals surface area contributed by atoms with Gasteiger partial charge in [0.2, 0.25) is 0 Å². The summed E-state index contributed by atoms with van der Waals surface area (Å²) in [6.45, 7) is 7.11. The summed E-state index contributed by atoms with van der Waals surface area (Å²) in [7, 11) is 1.98. The van der Waals surface area contributed by atoms with Gasteiger partial charge in [-0.15, -0.1) is 0 Å². The van der Waals surface area contributed by atoms with Gasteiger partial charge in [0, 0.05) is 49.9 Å². The van der Waals surface area contributed by atoms with Crippen molar-refractivity contribution in [2.45, 2.75) is 39.2 Å². The lowest BCUT2D eigenvalue weighted by Gasteiger charge is -2.32. The van der Waals surface area contributed by atoms with E-state index in [0.29, 0.717) is 11.7 Å². The van der Waals surface area contributed by atoms with E-state index < -0.39 is 0 Å². The fourth-order valence-electron chi connectivity index (χ4n) is 3.83. The number of anilines is 1. The molecule has 1 aliphatic rings. The van der Waals surface area contributed by atoms with Gasteiger partial charge in [-0.2, -0.15) is 14.7 Å². The van der Waals surface area contributed by atoms with Crippen molar-refractivity contribution in [1.29, 1.82) is 0 Å². The van der Waals surface area contributed by atoms with Crippen LogP contribution >= 0.6 is 0 Å². The molecule has 1 saturated heterocycles. The van der Waals surface area contributed by atoms with Crippen molar-refractivity contribution in [2.24, 2.45) is 7.05 Å². The molecule has 1 fully saturated rings. The summed E-state index contributed by atoms with van der Waals surface area (Å²) >= 11 is 0. The molecule has 0 spiro atoms. The smallest absolute Gasteiger partial charge is 0.157 e. The lowest BCUT2D eigenvalue weighted by Crippen LogP contribution is -2.34. The second kappa shape index (κ2) is 6.15. The Balaban J connectivity index is 1.55. The number of fused-ring (bicyclic) bond motifs is 1. The first-order valence-electron chi connectivity index (χ1n) is 8.84. The molecule has 1 aliphatic heterocycles. The normalized spacial score (nSPS) is 18.9. The number of nitrogen functional groups attached to an aromatic ring is 1. The molecule has 0 unspecified atom stereocenters. The highest BCUT2D eigenvalue weighted by Crippen LogP contribution is 2.28. The van der Waals surface area contributed by atoms with Crippen LogP contribution in [0.1, 0.15) is 41.4 Å². The predicted molar refractivity (Wildman–Crippen MR) is 97.3 cm³/mol. The van der Waals surface area contributed by atoms with Crippen LogP contribution in [0.3, 0.4) is 0 Å². The molecule has 3 aromatic heterocycles. The fraction of sp³-hybridized carbons (Fsp3) is 0.500. The fourth-order valence-corrected chi connectivity index (χ4v) is 3.83. The molecule has 7 heteroatoms. The molecule has 3 aromatic rings. The van der Waals surface area contributed by atoms with E-state index in [0.717, 1.165) is 48.8 Å². The summed E-state index contributed by atoms with van der Waals surface area (Å²) in [6, 6.07) is 3.97. The number of hydrogen-bond donors (Lipinski definition) is 1. The summed E-state index contributed by atoms with van der Waals surface area (Å²) in [5, 5.41) is 8.84. The highest BCUT2D eigenvalue weighted by Gasteiger charge is 2.24. The molecule has 4 rings (SSSR count). The zero-order valence-corrected chi connectivity index (χ0v) is 15.1. The van der Waals surface area contributed by atoms with Crippen molar-refractivity contribution < 1.29 is 0 Å². The van der Waals surface area contributed by atoms with Crippen LogP contribution in [-0.2, 0) is 13.6 Å². The van der Waals surface area contributed by atoms with Gasteiger partial charge in [0.05, 0.1) is 17.1 Å². The number of hydrogen-bond acceptors (Lipinski definition) is 5. The molecular weight excluding hydrogens is 314 g/mol. The summed E-state index contributed by atoms with van der Waals surface area (Å²) in [4.78, 5) is 7.32. The Morgan fingerprint density at radius 3 is 2.84 bits per heavy atom. The van der Waals surface area contributed by atoms with E-state index in [1.54, 1.807) is 4.52 Å². The van der Waals surface area contributed by atoms with Crippen molar-refractivity contribution >= 4 is 11.5 Å². The first-order valence-corrected chi connectivity index (χ1v) is 8.84. The first kappa shape index (κ1) is 16.1. The molecule has 7 nitrogen and oxygen atoms in total. The zero-order valence-electron chi connectivity index (χ0n) is 15.1. The third kappa shape index (κ3) is 3.11. The molecule has 0 radical (unpaired) electrons. The van der Waals surface area contributed by atoms with E-state index in [9.17, 15) is 0 Å². The quantitative estimate of drug-likeness (QED) is 0.790. The van der Waals surface area contributed by atoms with Gasteiger partial charge in [0.25, 0.3) is 0 Å². The minimum absolute atomic E-state index is 0.410. The molecule has 1 atom stereocenters. The number of aryl methyl sites for hydroxylation is 3. The van der Waals surface area contributed by atoms with Crippen LogP contribution in [0.15, 0.2) is 18.3 Å². The predicted octanol–water partition coefficient (Wildman–Crippen LogP) is 2.04. The van der Waals surface area contributed by atoms with Crippen LogP contribution in [0, 0.1) is 13.8 Å². The van der Waals surface area contributed by atoms with Gasteiger partial charge in [0.15, 0.2) is 5.65 Å². The van der Waals surface area contributed by atoms with Gasteiger partial charge < -0.3 is 5.73 Å². The van der Waals surface area contributed by atoms with Crippen molar-refractivity contribution in [3.8, 4) is 0 Å². The van der Waals surface area contributed by atoms with E-state index in [1.165, 1.54) is 12.0 Å². The monoisotopic (exact) mass is 339 g/mol. The number of likely N-dealkylation sites (tertiary alicyclic amines) is 1. The molecular formula is C18H25N7. The Kier molecular flexibility index (Phi) is 3.95. The zero-order chi connectivity index (χ0) is 17.6. The molecule has 0 aromatic carbocycles. The van der Waals surface area contributed by atoms with Crippen molar-refractivity contribution in [3.63, 3.8) is 0 Å². The summed E-state index contributed by atoms with van der Waals surface area (Å²) in [5.74, 6) is 1.07. The summed E-state index contributed by atoms with van der Waals surface area (Å²) < 4.78 is 3.61. The number of nitrogens with two attached hydrogens (primary N) is 1. The van der Waals surface area contributed by atoms with E-state index in [2.05, 4.69) is 28.2 Å². The number of nitrogens with zero attached hydrogens (tertiary/aromatic N) is 6. The molecule has 2 N–H and O–H groups in total. The van der Waals surface area contributed by atoms with Crippen LogP contribution < -0.4 is 5.73 Å². The maximum absolute atomic E-state index is 6.19. The topological polar surface area (TPSA) is 77.3 Å². The molecule has 0 bridgehead atoms. The molecule has 0 amide bonds. The lowest BCUT2D eigenvalue weighted by atomic mass is 9.94. The first-order chi connectivity index (χ1) is 12.0. The Bertz CT molecular complexity index is 908. The van der Waals surface area contributed by atoms with E-state index >= 15 is 0 Å².